The van der Waals surface area contributed by atoms with Crippen LogP contribution in [0.4, 0.5) is 0 Å². The number of ether oxygens (including phenoxy) is 3. The van der Waals surface area contributed by atoms with Crippen molar-refractivity contribution in [3.8, 4) is 28.6 Å². The molecule has 0 saturated carbocycles. The van der Waals surface area contributed by atoms with Gasteiger partial charge >= 0.3 is 5.97 Å². The molecule has 0 atom stereocenters. The number of furan rings is 1. The van der Waals surface area contributed by atoms with E-state index in [1.165, 1.54) is 0 Å². The maximum Gasteiger partial charge on any atom is 0.342 e. The Morgan fingerprint density at radius 2 is 1.83 bits per heavy atom. The van der Waals surface area contributed by atoms with Gasteiger partial charge in [-0.15, -0.1) is 0 Å². The van der Waals surface area contributed by atoms with Crippen LogP contribution in [0.25, 0.3) is 22.3 Å². The first-order valence-electron chi connectivity index (χ1n) is 9.22. The number of phenols is 1. The van der Waals surface area contributed by atoms with Crippen molar-refractivity contribution in [3.63, 3.8) is 0 Å². The van der Waals surface area contributed by atoms with Gasteiger partial charge in [0.15, 0.2) is 11.5 Å². The summed E-state index contributed by atoms with van der Waals surface area (Å²) in [5, 5.41) is 11.0. The van der Waals surface area contributed by atoms with Gasteiger partial charge in [-0.05, 0) is 51.4 Å². The number of hydrogen-bond acceptors (Lipinski definition) is 7. The minimum atomic E-state index is -0.512. The van der Waals surface area contributed by atoms with Crippen LogP contribution in [0, 0.1) is 0 Å². The van der Waals surface area contributed by atoms with Crippen molar-refractivity contribution in [1.82, 2.24) is 4.90 Å². The lowest BCUT2D eigenvalue weighted by Crippen LogP contribution is -2.12. The number of esters is 1. The number of fused-ring (bicyclic) bond motifs is 1. The molecule has 2 aromatic carbocycles. The number of benzene rings is 2. The molecule has 0 saturated heterocycles. The summed E-state index contributed by atoms with van der Waals surface area (Å²) in [6, 6.07) is 8.49. The van der Waals surface area contributed by atoms with E-state index in [9.17, 15) is 9.90 Å². The van der Waals surface area contributed by atoms with Crippen molar-refractivity contribution in [2.45, 2.75) is 13.5 Å². The minimum absolute atomic E-state index is 0.0939. The van der Waals surface area contributed by atoms with E-state index in [4.69, 9.17) is 18.6 Å². The normalized spacial score (nSPS) is 11.1. The van der Waals surface area contributed by atoms with Crippen molar-refractivity contribution in [2.75, 3.05) is 34.9 Å². The molecule has 0 aliphatic heterocycles. The van der Waals surface area contributed by atoms with Crippen molar-refractivity contribution in [2.24, 2.45) is 0 Å². The van der Waals surface area contributed by atoms with E-state index < -0.39 is 5.97 Å². The summed E-state index contributed by atoms with van der Waals surface area (Å²) in [5.41, 5.74) is 2.01. The summed E-state index contributed by atoms with van der Waals surface area (Å²) in [5.74, 6) is 1.01. The van der Waals surface area contributed by atoms with Gasteiger partial charge in [0.05, 0.1) is 20.8 Å². The Morgan fingerprint density at radius 3 is 2.45 bits per heavy atom. The predicted octanol–water partition coefficient (Wildman–Crippen LogP) is 4.06. The Bertz CT molecular complexity index is 1040. The van der Waals surface area contributed by atoms with E-state index in [1.54, 1.807) is 51.5 Å². The molecule has 0 aliphatic carbocycles. The highest BCUT2D eigenvalue weighted by atomic mass is 16.5. The lowest BCUT2D eigenvalue weighted by atomic mass is 10.0. The van der Waals surface area contributed by atoms with Gasteiger partial charge in [-0.2, -0.15) is 0 Å². The number of rotatable bonds is 7. The molecule has 0 bridgehead atoms. The quantitative estimate of drug-likeness (QED) is 0.600. The molecule has 154 valence electrons. The maximum absolute atomic E-state index is 12.9. The Balaban J connectivity index is 2.32. The largest absolute Gasteiger partial charge is 0.508 e. The summed E-state index contributed by atoms with van der Waals surface area (Å²) in [6.07, 6.45) is 0. The summed E-state index contributed by atoms with van der Waals surface area (Å²) < 4.78 is 22.1. The average Bonchev–Trinajstić information content (AvgIpc) is 3.09. The van der Waals surface area contributed by atoms with Crippen LogP contribution in [0.15, 0.2) is 34.7 Å². The molecule has 0 radical (unpaired) electrons. The fraction of sp³-hybridized carbons (Fsp3) is 0.318. The van der Waals surface area contributed by atoms with E-state index in [0.29, 0.717) is 45.9 Å². The second kappa shape index (κ2) is 8.45. The van der Waals surface area contributed by atoms with Crippen LogP contribution in [0.1, 0.15) is 22.8 Å². The van der Waals surface area contributed by atoms with Crippen molar-refractivity contribution >= 4 is 16.9 Å². The highest BCUT2D eigenvalue weighted by Gasteiger charge is 2.27. The van der Waals surface area contributed by atoms with E-state index in [0.717, 1.165) is 0 Å². The van der Waals surface area contributed by atoms with E-state index >= 15 is 0 Å². The standard InChI is InChI=1S/C22H25NO6/c1-6-28-22(25)20-19-14(12-23(2)3)15(24)8-10-17(19)29-21(20)13-7-9-16(26-4)18(11-13)27-5/h7-11,24H,6,12H2,1-5H3. The van der Waals surface area contributed by atoms with Gasteiger partial charge in [-0.3, -0.25) is 0 Å². The zero-order chi connectivity index (χ0) is 21.1. The van der Waals surface area contributed by atoms with Gasteiger partial charge in [-0.25, -0.2) is 4.79 Å². The Hall–Kier alpha value is -3.19. The number of nitrogens with zero attached hydrogens (tertiary/aromatic N) is 1. The number of phenolic OH excluding ortho intramolecular Hbond substituents is 1. The van der Waals surface area contributed by atoms with Crippen molar-refractivity contribution in [3.05, 3.63) is 41.5 Å². The highest BCUT2D eigenvalue weighted by molar-refractivity contribution is 6.10. The molecule has 0 spiro atoms. The zero-order valence-electron chi connectivity index (χ0n) is 17.2. The first kappa shape index (κ1) is 20.5. The van der Waals surface area contributed by atoms with Crippen LogP contribution in [-0.2, 0) is 11.3 Å². The van der Waals surface area contributed by atoms with Crippen molar-refractivity contribution in [1.29, 1.82) is 0 Å². The second-order valence-electron chi connectivity index (χ2n) is 6.77. The SMILES string of the molecule is CCOC(=O)c1c(-c2ccc(OC)c(OC)c2)oc2ccc(O)c(CN(C)C)c12. The molecular formula is C22H25NO6. The molecule has 0 fully saturated rings. The fourth-order valence-electron chi connectivity index (χ4n) is 3.30. The number of aromatic hydroxyl groups is 1. The third-order valence-corrected chi connectivity index (χ3v) is 4.54. The van der Waals surface area contributed by atoms with Crippen LogP contribution in [-0.4, -0.2) is 50.9 Å². The molecular weight excluding hydrogens is 374 g/mol. The third-order valence-electron chi connectivity index (χ3n) is 4.54. The molecule has 7 nitrogen and oxygen atoms in total. The lowest BCUT2D eigenvalue weighted by Gasteiger charge is -2.13. The van der Waals surface area contributed by atoms with E-state index in [-0.39, 0.29) is 17.9 Å². The molecule has 0 aliphatic rings. The number of hydrogen-bond donors (Lipinski definition) is 1. The molecule has 1 N–H and O–H groups in total. The molecule has 3 aromatic rings. The minimum Gasteiger partial charge on any atom is -0.508 e. The number of methoxy groups -OCH3 is 2. The van der Waals surface area contributed by atoms with Gasteiger partial charge in [-0.1, -0.05) is 0 Å². The van der Waals surface area contributed by atoms with Gasteiger partial charge < -0.3 is 28.6 Å². The van der Waals surface area contributed by atoms with Gasteiger partial charge in [0.1, 0.15) is 22.7 Å². The third kappa shape index (κ3) is 3.86. The summed E-state index contributed by atoms with van der Waals surface area (Å²) >= 11 is 0. The lowest BCUT2D eigenvalue weighted by molar-refractivity contribution is 0.0528. The zero-order valence-corrected chi connectivity index (χ0v) is 17.2. The van der Waals surface area contributed by atoms with Gasteiger partial charge in [0.25, 0.3) is 0 Å². The van der Waals surface area contributed by atoms with Crippen LogP contribution in [0.2, 0.25) is 0 Å². The van der Waals surface area contributed by atoms with Gasteiger partial charge in [0, 0.05) is 23.1 Å². The molecule has 1 heterocycles. The topological polar surface area (TPSA) is 81.4 Å². The average molecular weight is 399 g/mol. The summed E-state index contributed by atoms with van der Waals surface area (Å²) in [7, 11) is 6.87. The monoisotopic (exact) mass is 399 g/mol. The smallest absolute Gasteiger partial charge is 0.342 e. The van der Waals surface area contributed by atoms with E-state index in [2.05, 4.69) is 0 Å². The first-order chi connectivity index (χ1) is 13.9. The number of carbonyl (C=O) groups excluding carboxylic acids is 1. The van der Waals surface area contributed by atoms with Crippen LogP contribution >= 0.6 is 0 Å². The predicted molar refractivity (Wildman–Crippen MR) is 110 cm³/mol. The van der Waals surface area contributed by atoms with Crippen molar-refractivity contribution < 1.29 is 28.5 Å². The molecule has 3 rings (SSSR count). The van der Waals surface area contributed by atoms with E-state index in [1.807, 2.05) is 19.0 Å². The highest BCUT2D eigenvalue weighted by Crippen LogP contribution is 2.41. The second-order valence-corrected chi connectivity index (χ2v) is 6.77. The molecule has 29 heavy (non-hydrogen) atoms. The molecule has 0 amide bonds. The van der Waals surface area contributed by atoms with Crippen LogP contribution < -0.4 is 9.47 Å². The van der Waals surface area contributed by atoms with Crippen LogP contribution in [0.3, 0.4) is 0 Å². The number of carbonyl (C=O) groups is 1. The molecule has 1 aromatic heterocycles. The maximum atomic E-state index is 12.9. The first-order valence-corrected chi connectivity index (χ1v) is 9.22. The van der Waals surface area contributed by atoms with Gasteiger partial charge in [0.2, 0.25) is 0 Å². The Morgan fingerprint density at radius 1 is 1.10 bits per heavy atom. The fourth-order valence-corrected chi connectivity index (χ4v) is 3.30. The molecule has 7 heteroatoms. The summed E-state index contributed by atoms with van der Waals surface area (Å²) in [6.45, 7) is 2.40. The Kier molecular flexibility index (Phi) is 5.98. The van der Waals surface area contributed by atoms with Crippen LogP contribution in [0.5, 0.6) is 17.2 Å². The Labute approximate surface area is 169 Å². The molecule has 0 unspecified atom stereocenters. The summed E-state index contributed by atoms with van der Waals surface area (Å²) in [4.78, 5) is 14.8.